The van der Waals surface area contributed by atoms with Crippen LogP contribution in [0.3, 0.4) is 0 Å². The Morgan fingerprint density at radius 3 is 1.70 bits per heavy atom. The molecular formula is C16H23F3O. The molecule has 0 saturated carbocycles. The second-order valence-corrected chi connectivity index (χ2v) is 3.73. The average Bonchev–Trinajstić information content (AvgIpc) is 2.38. The lowest BCUT2D eigenvalue weighted by molar-refractivity contribution is -0.110. The maximum absolute atomic E-state index is 10.4. The number of methoxy groups -OCH3 is 1. The van der Waals surface area contributed by atoms with Gasteiger partial charge in [0, 0.05) is 12.5 Å². The summed E-state index contributed by atoms with van der Waals surface area (Å²) in [6.45, 7) is 13.9. The van der Waals surface area contributed by atoms with Crippen LogP contribution in [-0.4, -0.2) is 13.3 Å². The third-order valence-corrected chi connectivity index (χ3v) is 1.93. The third kappa shape index (κ3) is 10.2. The summed E-state index contributed by atoms with van der Waals surface area (Å²) in [5.41, 5.74) is 3.13. The average molecular weight is 288 g/mol. The van der Waals surface area contributed by atoms with E-state index in [9.17, 15) is 13.2 Å². The van der Waals surface area contributed by atoms with Gasteiger partial charge in [0.25, 0.3) is 0 Å². The van der Waals surface area contributed by atoms with Crippen LogP contribution >= 0.6 is 0 Å². The molecule has 4 heteroatoms. The van der Waals surface area contributed by atoms with Crippen molar-refractivity contribution in [1.29, 1.82) is 0 Å². The standard InChI is InChI=1S/C12H14O.C2H3F3.C2H6/c1-9(2)11-7-5-6-8-12(11)10(3)13-4;1-2(3,4)5;1-2/h5-8H,1,3H2,2,4H3;1H3;1-2H3. The molecule has 0 N–H and O–H groups in total. The van der Waals surface area contributed by atoms with Crippen molar-refractivity contribution in [1.82, 2.24) is 0 Å². The number of halogens is 3. The Morgan fingerprint density at radius 1 is 1.05 bits per heavy atom. The molecule has 0 heterocycles. The Balaban J connectivity index is 0. The van der Waals surface area contributed by atoms with E-state index in [4.69, 9.17) is 4.74 Å². The van der Waals surface area contributed by atoms with Gasteiger partial charge in [-0.25, -0.2) is 0 Å². The maximum Gasteiger partial charge on any atom is 0.386 e. The Hall–Kier alpha value is -1.71. The van der Waals surface area contributed by atoms with Crippen molar-refractivity contribution >= 4 is 11.3 Å². The molecule has 0 atom stereocenters. The summed E-state index contributed by atoms with van der Waals surface area (Å²) >= 11 is 0. The van der Waals surface area contributed by atoms with Gasteiger partial charge in [0.15, 0.2) is 0 Å². The highest BCUT2D eigenvalue weighted by molar-refractivity contribution is 5.74. The fourth-order valence-corrected chi connectivity index (χ4v) is 1.21. The maximum atomic E-state index is 10.4. The molecule has 0 aliphatic rings. The smallest absolute Gasteiger partial charge is 0.386 e. The first-order valence-electron chi connectivity index (χ1n) is 6.21. The van der Waals surface area contributed by atoms with Crippen LogP contribution in [0.5, 0.6) is 0 Å². The van der Waals surface area contributed by atoms with Gasteiger partial charge in [-0.3, -0.25) is 0 Å². The zero-order valence-electron chi connectivity index (χ0n) is 12.8. The quantitative estimate of drug-likeness (QED) is 0.626. The van der Waals surface area contributed by atoms with Crippen molar-refractivity contribution in [3.05, 3.63) is 48.6 Å². The van der Waals surface area contributed by atoms with Crippen LogP contribution in [0, 0.1) is 0 Å². The molecule has 0 amide bonds. The zero-order chi connectivity index (χ0) is 16.3. The highest BCUT2D eigenvalue weighted by atomic mass is 19.4. The summed E-state index contributed by atoms with van der Waals surface area (Å²) < 4.78 is 36.2. The van der Waals surface area contributed by atoms with Crippen molar-refractivity contribution in [3.63, 3.8) is 0 Å². The summed E-state index contributed by atoms with van der Waals surface area (Å²) in [6, 6.07) is 7.94. The highest BCUT2D eigenvalue weighted by Crippen LogP contribution is 2.23. The number of hydrogen-bond acceptors (Lipinski definition) is 1. The first-order chi connectivity index (χ1) is 9.16. The molecule has 1 nitrogen and oxygen atoms in total. The Morgan fingerprint density at radius 2 is 1.40 bits per heavy atom. The van der Waals surface area contributed by atoms with Crippen LogP contribution < -0.4 is 0 Å². The lowest BCUT2D eigenvalue weighted by Crippen LogP contribution is -1.95. The van der Waals surface area contributed by atoms with E-state index in [0.29, 0.717) is 5.76 Å². The highest BCUT2D eigenvalue weighted by Gasteiger charge is 2.15. The number of ether oxygens (including phenoxy) is 1. The largest absolute Gasteiger partial charge is 0.497 e. The molecule has 20 heavy (non-hydrogen) atoms. The fourth-order valence-electron chi connectivity index (χ4n) is 1.21. The van der Waals surface area contributed by atoms with Gasteiger partial charge in [0.05, 0.1) is 7.11 Å². The molecule has 0 aliphatic heterocycles. The summed E-state index contributed by atoms with van der Waals surface area (Å²) in [5.74, 6) is 0.679. The monoisotopic (exact) mass is 288 g/mol. The molecule has 1 aromatic rings. The molecule has 1 aromatic carbocycles. The van der Waals surface area contributed by atoms with E-state index < -0.39 is 6.18 Å². The predicted molar refractivity (Wildman–Crippen MR) is 80.3 cm³/mol. The minimum atomic E-state index is -4.00. The summed E-state index contributed by atoms with van der Waals surface area (Å²) in [6.07, 6.45) is -4.00. The molecule has 0 fully saturated rings. The molecule has 0 bridgehead atoms. The molecule has 0 saturated heterocycles. The Kier molecular flexibility index (Phi) is 10.4. The third-order valence-electron chi connectivity index (χ3n) is 1.93. The second-order valence-electron chi connectivity index (χ2n) is 3.73. The van der Waals surface area contributed by atoms with E-state index in [1.54, 1.807) is 7.11 Å². The second kappa shape index (κ2) is 10.1. The minimum absolute atomic E-state index is 0.188. The van der Waals surface area contributed by atoms with Gasteiger partial charge in [-0.05, 0) is 12.5 Å². The number of rotatable bonds is 3. The molecule has 0 aliphatic carbocycles. The van der Waals surface area contributed by atoms with Gasteiger partial charge in [0.1, 0.15) is 5.76 Å². The van der Waals surface area contributed by atoms with E-state index >= 15 is 0 Å². The van der Waals surface area contributed by atoms with Crippen molar-refractivity contribution in [3.8, 4) is 0 Å². The van der Waals surface area contributed by atoms with Gasteiger partial charge in [-0.2, -0.15) is 13.2 Å². The lowest BCUT2D eigenvalue weighted by Gasteiger charge is -2.10. The van der Waals surface area contributed by atoms with Crippen LogP contribution in [0.15, 0.2) is 37.4 Å². The fraction of sp³-hybridized carbons (Fsp3) is 0.375. The molecule has 0 radical (unpaired) electrons. The van der Waals surface area contributed by atoms with E-state index in [-0.39, 0.29) is 6.92 Å². The van der Waals surface area contributed by atoms with Crippen molar-refractivity contribution in [2.45, 2.75) is 33.9 Å². The zero-order valence-corrected chi connectivity index (χ0v) is 12.8. The van der Waals surface area contributed by atoms with E-state index in [1.807, 2.05) is 45.0 Å². The number of alkyl halides is 3. The van der Waals surface area contributed by atoms with Crippen LogP contribution in [0.1, 0.15) is 38.8 Å². The van der Waals surface area contributed by atoms with Gasteiger partial charge in [0.2, 0.25) is 0 Å². The molecular weight excluding hydrogens is 265 g/mol. The first-order valence-corrected chi connectivity index (χ1v) is 6.21. The van der Waals surface area contributed by atoms with Crippen molar-refractivity contribution in [2.75, 3.05) is 7.11 Å². The SMILES string of the molecule is C=C(C)c1ccccc1C(=C)OC.CC.CC(F)(F)F. The van der Waals surface area contributed by atoms with Crippen molar-refractivity contribution in [2.24, 2.45) is 0 Å². The van der Waals surface area contributed by atoms with Crippen molar-refractivity contribution < 1.29 is 17.9 Å². The van der Waals surface area contributed by atoms with E-state index in [1.165, 1.54) is 0 Å². The van der Waals surface area contributed by atoms with Gasteiger partial charge >= 0.3 is 6.18 Å². The molecule has 0 unspecified atom stereocenters. The normalized spacial score (nSPS) is 9.40. The number of hydrogen-bond donors (Lipinski definition) is 0. The molecule has 0 aromatic heterocycles. The van der Waals surface area contributed by atoms with Gasteiger partial charge in [-0.15, -0.1) is 0 Å². The van der Waals surface area contributed by atoms with Crippen LogP contribution in [0.2, 0.25) is 0 Å². The minimum Gasteiger partial charge on any atom is -0.497 e. The summed E-state index contributed by atoms with van der Waals surface area (Å²) in [5, 5.41) is 0. The first kappa shape index (κ1) is 20.6. The summed E-state index contributed by atoms with van der Waals surface area (Å²) in [7, 11) is 1.62. The molecule has 114 valence electrons. The number of benzene rings is 1. The van der Waals surface area contributed by atoms with Crippen LogP contribution in [0.4, 0.5) is 13.2 Å². The molecule has 1 rings (SSSR count). The van der Waals surface area contributed by atoms with Gasteiger partial charge < -0.3 is 4.74 Å². The van der Waals surface area contributed by atoms with Crippen LogP contribution in [-0.2, 0) is 4.74 Å². The van der Waals surface area contributed by atoms with Crippen LogP contribution in [0.25, 0.3) is 11.3 Å². The molecule has 0 spiro atoms. The Labute approximate surface area is 119 Å². The Bertz CT molecular complexity index is 414. The predicted octanol–water partition coefficient (Wildman–Crippen LogP) is 5.93. The topological polar surface area (TPSA) is 9.23 Å². The summed E-state index contributed by atoms with van der Waals surface area (Å²) in [4.78, 5) is 0. The van der Waals surface area contributed by atoms with E-state index in [2.05, 4.69) is 13.2 Å². The number of allylic oxidation sites excluding steroid dienone is 1. The lowest BCUT2D eigenvalue weighted by atomic mass is 10.0. The van der Waals surface area contributed by atoms with Gasteiger partial charge in [-0.1, -0.05) is 56.8 Å². The van der Waals surface area contributed by atoms with E-state index in [0.717, 1.165) is 16.7 Å².